The van der Waals surface area contributed by atoms with Gasteiger partial charge in [-0.1, -0.05) is 24.3 Å². The molecular formula is C48H40O17. The number of carbonyl (C=O) groups excluding carboxylic acids is 1. The Kier molecular flexibility index (Phi) is 9.49. The Morgan fingerprint density at radius 2 is 1.02 bits per heavy atom. The van der Waals surface area contributed by atoms with Gasteiger partial charge in [-0.3, -0.25) is 4.79 Å². The number of aliphatic hydroxyl groups is 3. The molecule has 4 heterocycles. The van der Waals surface area contributed by atoms with Crippen LogP contribution in [0, 0.1) is 0 Å². The normalized spacial score (nSPS) is 25.8. The third-order valence-electron chi connectivity index (χ3n) is 12.8. The first kappa shape index (κ1) is 41.3. The molecule has 0 fully saturated rings. The molecule has 9 unspecified atom stereocenters. The van der Waals surface area contributed by atoms with Gasteiger partial charge in [0.15, 0.2) is 12.2 Å². The first-order valence-electron chi connectivity index (χ1n) is 20.3. The number of hydrogen-bond donors (Lipinski definition) is 11. The first-order valence-corrected chi connectivity index (χ1v) is 20.3. The third kappa shape index (κ3) is 6.29. The van der Waals surface area contributed by atoms with Crippen LogP contribution in [0.3, 0.4) is 0 Å². The number of rotatable bonds is 6. The van der Waals surface area contributed by atoms with Crippen LogP contribution in [0.1, 0.15) is 80.9 Å². The number of esters is 1. The molecule has 65 heavy (non-hydrogen) atoms. The van der Waals surface area contributed by atoms with Crippen molar-refractivity contribution in [2.75, 3.05) is 7.11 Å². The van der Waals surface area contributed by atoms with Gasteiger partial charge in [-0.05, 0) is 59.7 Å². The lowest BCUT2D eigenvalue weighted by atomic mass is 9.71. The summed E-state index contributed by atoms with van der Waals surface area (Å²) in [5.41, 5.74) is 0.162. The minimum atomic E-state index is -2.13. The highest BCUT2D eigenvalue weighted by atomic mass is 16.7. The molecule has 10 rings (SSSR count). The molecule has 2 bridgehead atoms. The highest BCUT2D eigenvalue weighted by Gasteiger charge is 2.61. The average Bonchev–Trinajstić information content (AvgIpc) is 3.26. The molecule has 0 aliphatic carbocycles. The molecule has 4 aliphatic rings. The molecule has 6 aromatic rings. The second-order valence-corrected chi connectivity index (χ2v) is 16.4. The van der Waals surface area contributed by atoms with E-state index in [1.54, 1.807) is 0 Å². The lowest BCUT2D eigenvalue weighted by Crippen LogP contribution is -2.57. The van der Waals surface area contributed by atoms with Crippen molar-refractivity contribution in [2.45, 2.75) is 60.5 Å². The molecule has 0 aromatic heterocycles. The van der Waals surface area contributed by atoms with Gasteiger partial charge in [0, 0.05) is 63.6 Å². The number of aromatic hydroxyl groups is 8. The molecule has 0 saturated carbocycles. The summed E-state index contributed by atoms with van der Waals surface area (Å²) >= 11 is 0. The lowest BCUT2D eigenvalue weighted by Gasteiger charge is -2.51. The van der Waals surface area contributed by atoms with E-state index in [0.717, 1.165) is 19.2 Å². The molecule has 11 N–H and O–H groups in total. The van der Waals surface area contributed by atoms with E-state index in [0.29, 0.717) is 5.56 Å². The van der Waals surface area contributed by atoms with Crippen molar-refractivity contribution < 1.29 is 84.7 Å². The SMILES string of the molecule is COC(=O)CC1c2c(O)cc(O)c(C3c4c(O)cc5c(c4OC(c4ccc(O)cc4)C3O)C3c4c(O)cc(O)cc4OC(c4ccc(O)cc4)(O5)C3O)c2OC(c2ccc(O)cc2)C1O. The molecule has 17 heteroatoms. The van der Waals surface area contributed by atoms with E-state index in [1.165, 1.54) is 84.9 Å². The van der Waals surface area contributed by atoms with Gasteiger partial charge in [-0.25, -0.2) is 0 Å². The molecule has 4 aliphatic heterocycles. The van der Waals surface area contributed by atoms with E-state index in [-0.39, 0.29) is 79.2 Å². The number of carbonyl (C=O) groups is 1. The number of phenolic OH excluding ortho intramolecular Hbond substituents is 8. The van der Waals surface area contributed by atoms with E-state index in [1.807, 2.05) is 0 Å². The molecule has 6 aromatic carbocycles. The Labute approximate surface area is 368 Å². The van der Waals surface area contributed by atoms with Gasteiger partial charge in [0.25, 0.3) is 0 Å². The Morgan fingerprint density at radius 3 is 1.58 bits per heavy atom. The standard InChI is InChI=1S/C48H40O17/c1-61-33(57)16-26-34-28(54)17-29(55)36(45(34)62-43(41(26)58)19-2-8-22(49)9-3-19)39-37-30(56)18-32-38(46(37)63-44(42(39)59)20-4-10-23(50)11-5-20)40-35-27(53)14-25(52)15-31(35)64-48(65-32,47(40)60)21-6-12-24(51)13-7-21/h2-15,17-18,26,39-44,47,49-56,58-60H,16H2,1H3. The molecule has 0 spiro atoms. The summed E-state index contributed by atoms with van der Waals surface area (Å²) < 4.78 is 31.1. The van der Waals surface area contributed by atoms with Crippen LogP contribution in [-0.2, 0) is 15.3 Å². The Bertz CT molecular complexity index is 2880. The summed E-state index contributed by atoms with van der Waals surface area (Å²) in [6, 6.07) is 21.1. The van der Waals surface area contributed by atoms with Crippen molar-refractivity contribution in [1.82, 2.24) is 0 Å². The lowest BCUT2D eigenvalue weighted by molar-refractivity contribution is -0.219. The molecule has 334 valence electrons. The number of methoxy groups -OCH3 is 1. The zero-order chi connectivity index (χ0) is 45.8. The highest BCUT2D eigenvalue weighted by Crippen LogP contribution is 2.65. The van der Waals surface area contributed by atoms with Gasteiger partial charge in [0.2, 0.25) is 0 Å². The van der Waals surface area contributed by atoms with Crippen LogP contribution in [0.25, 0.3) is 0 Å². The van der Waals surface area contributed by atoms with Gasteiger partial charge in [-0.2, -0.15) is 0 Å². The van der Waals surface area contributed by atoms with Crippen molar-refractivity contribution in [3.8, 4) is 69.0 Å². The average molecular weight is 889 g/mol. The largest absolute Gasteiger partial charge is 0.508 e. The maximum atomic E-state index is 13.0. The maximum Gasteiger partial charge on any atom is 0.306 e. The molecule has 0 radical (unpaired) electrons. The van der Waals surface area contributed by atoms with Gasteiger partial charge < -0.3 is 79.9 Å². The second kappa shape index (κ2) is 14.9. The van der Waals surface area contributed by atoms with E-state index >= 15 is 0 Å². The molecule has 17 nitrogen and oxygen atoms in total. The van der Waals surface area contributed by atoms with Gasteiger partial charge in [-0.15, -0.1) is 0 Å². The smallest absolute Gasteiger partial charge is 0.306 e. The van der Waals surface area contributed by atoms with Crippen LogP contribution in [0.4, 0.5) is 0 Å². The highest BCUT2D eigenvalue weighted by molar-refractivity contribution is 5.74. The fraction of sp³-hybridized carbons (Fsp3) is 0.229. The third-order valence-corrected chi connectivity index (χ3v) is 12.8. The fourth-order valence-electron chi connectivity index (χ4n) is 9.81. The van der Waals surface area contributed by atoms with Crippen LogP contribution in [0.2, 0.25) is 0 Å². The Hall–Kier alpha value is -7.73. The molecule has 0 saturated heterocycles. The summed E-state index contributed by atoms with van der Waals surface area (Å²) in [7, 11) is 1.14. The minimum absolute atomic E-state index is 0.0138. The quantitative estimate of drug-likeness (QED) is 0.0955. The van der Waals surface area contributed by atoms with Crippen LogP contribution in [0.5, 0.6) is 69.0 Å². The molecule has 0 amide bonds. The number of benzene rings is 6. The van der Waals surface area contributed by atoms with Gasteiger partial charge in [0.1, 0.15) is 87.3 Å². The topological polar surface area (TPSA) is 286 Å². The maximum absolute atomic E-state index is 13.0. The van der Waals surface area contributed by atoms with E-state index in [4.69, 9.17) is 23.7 Å². The summed E-state index contributed by atoms with van der Waals surface area (Å²) in [6.07, 6.45) is -8.31. The van der Waals surface area contributed by atoms with Crippen molar-refractivity contribution in [3.63, 3.8) is 0 Å². The van der Waals surface area contributed by atoms with Crippen molar-refractivity contribution in [3.05, 3.63) is 142 Å². The summed E-state index contributed by atoms with van der Waals surface area (Å²) in [5, 5.41) is 126. The van der Waals surface area contributed by atoms with E-state index in [2.05, 4.69) is 0 Å². The second-order valence-electron chi connectivity index (χ2n) is 16.4. The predicted octanol–water partition coefficient (Wildman–Crippen LogP) is 5.23. The van der Waals surface area contributed by atoms with Gasteiger partial charge >= 0.3 is 11.8 Å². The first-order chi connectivity index (χ1) is 31.1. The summed E-state index contributed by atoms with van der Waals surface area (Å²) in [6.45, 7) is 0. The van der Waals surface area contributed by atoms with E-state index < -0.39 is 95.2 Å². The van der Waals surface area contributed by atoms with Crippen LogP contribution >= 0.6 is 0 Å². The van der Waals surface area contributed by atoms with E-state index in [9.17, 15) is 61.0 Å². The minimum Gasteiger partial charge on any atom is -0.508 e. The number of ether oxygens (including phenoxy) is 5. The molecule has 9 atom stereocenters. The number of fused-ring (bicyclic) bond motifs is 9. The monoisotopic (exact) mass is 888 g/mol. The summed E-state index contributed by atoms with van der Waals surface area (Å²) in [4.78, 5) is 13.0. The zero-order valence-corrected chi connectivity index (χ0v) is 33.9. The Morgan fingerprint density at radius 1 is 0.538 bits per heavy atom. The van der Waals surface area contributed by atoms with Crippen molar-refractivity contribution >= 4 is 5.97 Å². The number of phenols is 8. The number of hydrogen-bond acceptors (Lipinski definition) is 17. The van der Waals surface area contributed by atoms with Crippen LogP contribution in [-0.4, -0.2) is 87.6 Å². The predicted molar refractivity (Wildman–Crippen MR) is 223 cm³/mol. The summed E-state index contributed by atoms with van der Waals surface area (Å²) in [5.74, 6) is -11.0. The fourth-order valence-corrected chi connectivity index (χ4v) is 9.81. The van der Waals surface area contributed by atoms with Crippen LogP contribution in [0.15, 0.2) is 97.1 Å². The number of aliphatic hydroxyl groups excluding tert-OH is 3. The van der Waals surface area contributed by atoms with Crippen molar-refractivity contribution in [1.29, 1.82) is 0 Å². The van der Waals surface area contributed by atoms with Crippen LogP contribution < -0.4 is 18.9 Å². The molecular weight excluding hydrogens is 849 g/mol. The zero-order valence-electron chi connectivity index (χ0n) is 33.9. The van der Waals surface area contributed by atoms with Gasteiger partial charge in [0.05, 0.1) is 25.4 Å². The Balaban J connectivity index is 1.26. The van der Waals surface area contributed by atoms with Crippen molar-refractivity contribution in [2.24, 2.45) is 0 Å².